The number of thiophene rings is 1. The minimum Gasteiger partial charge on any atom is -0.482 e. The quantitative estimate of drug-likeness (QED) is 0.632. The monoisotopic (exact) mass is 200 g/mol. The SMILES string of the molecule is C1COc2c(sc3c2OCCO3)O1. The van der Waals surface area contributed by atoms with Crippen molar-refractivity contribution in [1.29, 1.82) is 0 Å². The Bertz CT molecular complexity index is 303. The third-order valence-corrected chi connectivity index (χ3v) is 2.87. The van der Waals surface area contributed by atoms with Crippen LogP contribution in [0.5, 0.6) is 21.6 Å². The van der Waals surface area contributed by atoms with E-state index in [-0.39, 0.29) is 0 Å². The average molecular weight is 200 g/mol. The third-order valence-electron chi connectivity index (χ3n) is 1.89. The Labute approximate surface area is 79.0 Å². The van der Waals surface area contributed by atoms with Crippen molar-refractivity contribution in [3.05, 3.63) is 0 Å². The molecule has 0 bridgehead atoms. The summed E-state index contributed by atoms with van der Waals surface area (Å²) in [6.45, 7) is 2.37. The van der Waals surface area contributed by atoms with E-state index < -0.39 is 0 Å². The van der Waals surface area contributed by atoms with Gasteiger partial charge in [-0.1, -0.05) is 11.3 Å². The second-order valence-corrected chi connectivity index (χ2v) is 3.67. The molecule has 0 aromatic carbocycles. The van der Waals surface area contributed by atoms with Crippen molar-refractivity contribution in [2.45, 2.75) is 0 Å². The van der Waals surface area contributed by atoms with Gasteiger partial charge in [-0.05, 0) is 0 Å². The Morgan fingerprint density at radius 3 is 1.69 bits per heavy atom. The molecular weight excluding hydrogens is 192 g/mol. The minimum absolute atomic E-state index is 0.583. The van der Waals surface area contributed by atoms with Gasteiger partial charge in [0, 0.05) is 0 Å². The molecule has 0 N–H and O–H groups in total. The highest BCUT2D eigenvalue weighted by Gasteiger charge is 2.28. The topological polar surface area (TPSA) is 36.9 Å². The summed E-state index contributed by atoms with van der Waals surface area (Å²) in [5, 5.41) is 1.55. The van der Waals surface area contributed by atoms with Crippen LogP contribution in [0.4, 0.5) is 0 Å². The lowest BCUT2D eigenvalue weighted by atomic mass is 10.4. The zero-order chi connectivity index (χ0) is 8.67. The van der Waals surface area contributed by atoms with E-state index in [2.05, 4.69) is 0 Å². The molecule has 0 amide bonds. The van der Waals surface area contributed by atoms with Crippen LogP contribution >= 0.6 is 11.3 Å². The number of hydrogen-bond donors (Lipinski definition) is 0. The van der Waals surface area contributed by atoms with Crippen LogP contribution in [0.2, 0.25) is 0 Å². The van der Waals surface area contributed by atoms with E-state index in [4.69, 9.17) is 18.9 Å². The lowest BCUT2D eigenvalue weighted by molar-refractivity contribution is 0.147. The second kappa shape index (κ2) is 2.70. The van der Waals surface area contributed by atoms with E-state index >= 15 is 0 Å². The number of fused-ring (bicyclic) bond motifs is 3. The summed E-state index contributed by atoms with van der Waals surface area (Å²) in [6, 6.07) is 0. The van der Waals surface area contributed by atoms with Gasteiger partial charge in [-0.15, -0.1) is 0 Å². The molecule has 0 saturated carbocycles. The normalized spacial score (nSPS) is 18.5. The zero-order valence-electron chi connectivity index (χ0n) is 6.87. The van der Waals surface area contributed by atoms with E-state index in [1.165, 1.54) is 11.3 Å². The maximum absolute atomic E-state index is 5.44. The summed E-state index contributed by atoms with van der Waals surface area (Å²) in [5.74, 6) is 1.43. The first kappa shape index (κ1) is 7.32. The van der Waals surface area contributed by atoms with E-state index in [1.54, 1.807) is 0 Å². The number of hydrogen-bond acceptors (Lipinski definition) is 5. The summed E-state index contributed by atoms with van der Waals surface area (Å²) in [7, 11) is 0. The van der Waals surface area contributed by atoms with Gasteiger partial charge in [0.25, 0.3) is 0 Å². The van der Waals surface area contributed by atoms with Crippen LogP contribution in [0.3, 0.4) is 0 Å². The average Bonchev–Trinajstić information content (AvgIpc) is 2.56. The van der Waals surface area contributed by atoms with E-state index in [9.17, 15) is 0 Å². The summed E-state index contributed by atoms with van der Waals surface area (Å²) in [5.41, 5.74) is 0. The highest BCUT2D eigenvalue weighted by Crippen LogP contribution is 2.54. The fourth-order valence-electron chi connectivity index (χ4n) is 1.36. The van der Waals surface area contributed by atoms with Crippen LogP contribution in [-0.4, -0.2) is 26.4 Å². The molecule has 13 heavy (non-hydrogen) atoms. The minimum atomic E-state index is 0.583. The van der Waals surface area contributed by atoms with Crippen molar-refractivity contribution >= 4 is 11.3 Å². The molecule has 0 spiro atoms. The van der Waals surface area contributed by atoms with E-state index in [0.29, 0.717) is 37.9 Å². The van der Waals surface area contributed by atoms with Crippen LogP contribution in [0.1, 0.15) is 0 Å². The Hall–Kier alpha value is -1.10. The molecule has 1 aromatic heterocycles. The van der Waals surface area contributed by atoms with Crippen molar-refractivity contribution in [2.75, 3.05) is 26.4 Å². The van der Waals surface area contributed by atoms with E-state index in [0.717, 1.165) is 10.1 Å². The van der Waals surface area contributed by atoms with Crippen molar-refractivity contribution in [3.63, 3.8) is 0 Å². The Morgan fingerprint density at radius 2 is 1.15 bits per heavy atom. The molecule has 0 radical (unpaired) electrons. The highest BCUT2D eigenvalue weighted by atomic mass is 32.1. The van der Waals surface area contributed by atoms with Gasteiger partial charge in [0.05, 0.1) is 0 Å². The first-order valence-corrected chi connectivity index (χ1v) is 4.95. The summed E-state index contributed by atoms with van der Waals surface area (Å²) in [4.78, 5) is 0. The van der Waals surface area contributed by atoms with Gasteiger partial charge in [-0.3, -0.25) is 0 Å². The molecule has 3 rings (SSSR count). The summed E-state index contributed by atoms with van der Waals surface area (Å²) < 4.78 is 21.7. The smallest absolute Gasteiger partial charge is 0.224 e. The Morgan fingerprint density at radius 1 is 0.692 bits per heavy atom. The van der Waals surface area contributed by atoms with Crippen molar-refractivity contribution in [1.82, 2.24) is 0 Å². The standard InChI is InChI=1S/C8H8O4S/c1-3-11-7-5(9-1)6-8(13-7)12-4-2-10-6/h1-4H2. The van der Waals surface area contributed by atoms with E-state index in [1.807, 2.05) is 0 Å². The molecule has 0 atom stereocenters. The lowest BCUT2D eigenvalue weighted by Crippen LogP contribution is -2.16. The Balaban J connectivity index is 2.09. The van der Waals surface area contributed by atoms with Crippen molar-refractivity contribution < 1.29 is 18.9 Å². The van der Waals surface area contributed by atoms with Gasteiger partial charge in [-0.25, -0.2) is 0 Å². The van der Waals surface area contributed by atoms with Gasteiger partial charge in [0.2, 0.25) is 21.6 Å². The highest BCUT2D eigenvalue weighted by molar-refractivity contribution is 7.16. The predicted octanol–water partition coefficient (Wildman–Crippen LogP) is 1.29. The van der Waals surface area contributed by atoms with Gasteiger partial charge < -0.3 is 18.9 Å². The fourth-order valence-corrected chi connectivity index (χ4v) is 2.30. The molecule has 0 unspecified atom stereocenters. The molecule has 0 fully saturated rings. The van der Waals surface area contributed by atoms with Gasteiger partial charge in [0.15, 0.2) is 0 Å². The lowest BCUT2D eigenvalue weighted by Gasteiger charge is -2.17. The van der Waals surface area contributed by atoms with Crippen LogP contribution in [0.25, 0.3) is 0 Å². The first-order valence-electron chi connectivity index (χ1n) is 4.13. The fraction of sp³-hybridized carbons (Fsp3) is 0.500. The van der Waals surface area contributed by atoms with Gasteiger partial charge >= 0.3 is 0 Å². The van der Waals surface area contributed by atoms with Crippen LogP contribution < -0.4 is 18.9 Å². The molecule has 2 aliphatic rings. The van der Waals surface area contributed by atoms with Crippen molar-refractivity contribution in [3.8, 4) is 21.6 Å². The molecule has 3 heterocycles. The second-order valence-electron chi connectivity index (χ2n) is 2.73. The van der Waals surface area contributed by atoms with Gasteiger partial charge in [-0.2, -0.15) is 0 Å². The molecule has 4 nitrogen and oxygen atoms in total. The zero-order valence-corrected chi connectivity index (χ0v) is 7.69. The van der Waals surface area contributed by atoms with Crippen LogP contribution in [-0.2, 0) is 0 Å². The number of ether oxygens (including phenoxy) is 4. The third kappa shape index (κ3) is 1.03. The van der Waals surface area contributed by atoms with Crippen LogP contribution in [0, 0.1) is 0 Å². The molecule has 0 saturated heterocycles. The predicted molar refractivity (Wildman–Crippen MR) is 46.3 cm³/mol. The first-order chi connectivity index (χ1) is 6.45. The maximum Gasteiger partial charge on any atom is 0.224 e. The maximum atomic E-state index is 5.44. The summed E-state index contributed by atoms with van der Waals surface area (Å²) >= 11 is 1.44. The Kier molecular flexibility index (Phi) is 1.52. The largest absolute Gasteiger partial charge is 0.482 e. The molecule has 5 heteroatoms. The summed E-state index contributed by atoms with van der Waals surface area (Å²) in [6.07, 6.45) is 0. The molecule has 70 valence electrons. The number of rotatable bonds is 0. The molecule has 1 aromatic rings. The molecule has 2 aliphatic heterocycles. The van der Waals surface area contributed by atoms with Crippen LogP contribution in [0.15, 0.2) is 0 Å². The molecular formula is C8H8O4S. The van der Waals surface area contributed by atoms with Gasteiger partial charge in [0.1, 0.15) is 26.4 Å². The molecule has 0 aliphatic carbocycles. The van der Waals surface area contributed by atoms with Crippen molar-refractivity contribution in [2.24, 2.45) is 0 Å².